The first kappa shape index (κ1) is 19.9. The van der Waals surface area contributed by atoms with E-state index >= 15 is 0 Å². The highest BCUT2D eigenvalue weighted by atomic mass is 16.5. The van der Waals surface area contributed by atoms with Crippen molar-refractivity contribution in [3.63, 3.8) is 0 Å². The normalized spacial score (nSPS) is 15.2. The van der Waals surface area contributed by atoms with Crippen molar-refractivity contribution < 1.29 is 19.1 Å². The van der Waals surface area contributed by atoms with Crippen molar-refractivity contribution in [2.75, 3.05) is 7.11 Å². The Morgan fingerprint density at radius 1 is 1.03 bits per heavy atom. The number of nitrogens with zero attached hydrogens (tertiary/aromatic N) is 1. The smallest absolute Gasteiger partial charge is 0.291 e. The average molecular weight is 427 g/mol. The standard InChI is InChI=1S/C26H21NO5/c1-15-8-11-20-18(12-15)24(29)22-23(17-9-10-19(28)21(13-17)31-2)27(26(30)25(22)32-20)14-16-6-4-3-5-7-16/h3-13,23,28H,14H2,1-2H3/t23-/m0/s1. The maximum Gasteiger partial charge on any atom is 0.291 e. The summed E-state index contributed by atoms with van der Waals surface area (Å²) in [6.07, 6.45) is 0. The minimum Gasteiger partial charge on any atom is -0.504 e. The van der Waals surface area contributed by atoms with Crippen LogP contribution in [0.5, 0.6) is 11.5 Å². The number of hydrogen-bond donors (Lipinski definition) is 1. The van der Waals surface area contributed by atoms with Crippen LogP contribution in [0.2, 0.25) is 0 Å². The molecule has 5 rings (SSSR count). The van der Waals surface area contributed by atoms with Crippen LogP contribution in [0.4, 0.5) is 0 Å². The van der Waals surface area contributed by atoms with Crippen molar-refractivity contribution in [3.8, 4) is 11.5 Å². The van der Waals surface area contributed by atoms with Gasteiger partial charge in [-0.25, -0.2) is 0 Å². The second kappa shape index (κ2) is 7.57. The molecule has 0 saturated carbocycles. The van der Waals surface area contributed by atoms with E-state index in [1.807, 2.05) is 43.3 Å². The lowest BCUT2D eigenvalue weighted by atomic mass is 9.97. The quantitative estimate of drug-likeness (QED) is 0.516. The molecular formula is C26H21NO5. The van der Waals surface area contributed by atoms with Crippen LogP contribution < -0.4 is 10.2 Å². The number of rotatable bonds is 4. The van der Waals surface area contributed by atoms with E-state index in [0.29, 0.717) is 28.6 Å². The Kier molecular flexibility index (Phi) is 4.70. The minimum absolute atomic E-state index is 0.0171. The first-order chi connectivity index (χ1) is 15.5. The fraction of sp³-hybridized carbons (Fsp3) is 0.154. The predicted molar refractivity (Wildman–Crippen MR) is 120 cm³/mol. The summed E-state index contributed by atoms with van der Waals surface area (Å²) in [6, 6.07) is 19.1. The summed E-state index contributed by atoms with van der Waals surface area (Å²) < 4.78 is 11.3. The number of carbonyl (C=O) groups is 1. The second-order valence-electron chi connectivity index (χ2n) is 7.93. The Morgan fingerprint density at radius 3 is 2.56 bits per heavy atom. The molecule has 1 atom stereocenters. The third kappa shape index (κ3) is 3.12. The van der Waals surface area contributed by atoms with E-state index in [1.54, 1.807) is 29.2 Å². The summed E-state index contributed by atoms with van der Waals surface area (Å²) >= 11 is 0. The van der Waals surface area contributed by atoms with Gasteiger partial charge in [0.25, 0.3) is 5.91 Å². The highest BCUT2D eigenvalue weighted by Gasteiger charge is 2.43. The van der Waals surface area contributed by atoms with Crippen molar-refractivity contribution in [2.24, 2.45) is 0 Å². The van der Waals surface area contributed by atoms with Crippen molar-refractivity contribution >= 4 is 16.9 Å². The van der Waals surface area contributed by atoms with Crippen LogP contribution in [0.1, 0.15) is 38.9 Å². The largest absolute Gasteiger partial charge is 0.504 e. The summed E-state index contributed by atoms with van der Waals surface area (Å²) in [5.41, 5.74) is 2.97. The van der Waals surface area contributed by atoms with E-state index in [4.69, 9.17) is 9.15 Å². The van der Waals surface area contributed by atoms with Crippen molar-refractivity contribution in [1.29, 1.82) is 0 Å². The lowest BCUT2D eigenvalue weighted by Gasteiger charge is -2.25. The SMILES string of the molecule is COc1cc([C@H]2c3c(oc4ccc(C)cc4c3=O)C(=O)N2Cc2ccccc2)ccc1O. The van der Waals surface area contributed by atoms with Gasteiger partial charge in [-0.2, -0.15) is 0 Å². The summed E-state index contributed by atoms with van der Waals surface area (Å²) in [7, 11) is 1.46. The molecular weight excluding hydrogens is 406 g/mol. The number of aromatic hydroxyl groups is 1. The number of carbonyl (C=O) groups excluding carboxylic acids is 1. The molecule has 160 valence electrons. The molecule has 6 heteroatoms. The molecule has 0 bridgehead atoms. The summed E-state index contributed by atoms with van der Waals surface area (Å²) in [5, 5.41) is 10.5. The van der Waals surface area contributed by atoms with Gasteiger partial charge in [0.05, 0.1) is 24.1 Å². The third-order valence-electron chi connectivity index (χ3n) is 5.84. The lowest BCUT2D eigenvalue weighted by Crippen LogP contribution is -2.29. The van der Waals surface area contributed by atoms with Crippen molar-refractivity contribution in [1.82, 2.24) is 4.90 Å². The average Bonchev–Trinajstić information content (AvgIpc) is 3.07. The number of aryl methyl sites for hydroxylation is 1. The monoisotopic (exact) mass is 427 g/mol. The van der Waals surface area contributed by atoms with Gasteiger partial charge in [-0.15, -0.1) is 0 Å². The maximum absolute atomic E-state index is 13.6. The molecule has 1 amide bonds. The third-order valence-corrected chi connectivity index (χ3v) is 5.84. The number of fused-ring (bicyclic) bond motifs is 2. The van der Waals surface area contributed by atoms with Gasteiger partial charge in [-0.05, 0) is 42.3 Å². The van der Waals surface area contributed by atoms with Gasteiger partial charge in [-0.3, -0.25) is 9.59 Å². The molecule has 4 aromatic rings. The molecule has 6 nitrogen and oxygen atoms in total. The highest BCUT2D eigenvalue weighted by molar-refractivity contribution is 5.99. The van der Waals surface area contributed by atoms with Gasteiger partial charge >= 0.3 is 0 Å². The fourth-order valence-corrected chi connectivity index (χ4v) is 4.29. The van der Waals surface area contributed by atoms with Crippen molar-refractivity contribution in [2.45, 2.75) is 19.5 Å². The number of hydrogen-bond acceptors (Lipinski definition) is 5. The van der Waals surface area contributed by atoms with E-state index < -0.39 is 6.04 Å². The number of benzene rings is 3. The van der Waals surface area contributed by atoms with E-state index in [1.165, 1.54) is 13.2 Å². The molecule has 0 radical (unpaired) electrons. The van der Waals surface area contributed by atoms with E-state index in [2.05, 4.69) is 0 Å². The molecule has 1 aliphatic rings. The van der Waals surface area contributed by atoms with Crippen LogP contribution in [0.3, 0.4) is 0 Å². The molecule has 1 aliphatic heterocycles. The maximum atomic E-state index is 13.6. The summed E-state index contributed by atoms with van der Waals surface area (Å²) in [6.45, 7) is 2.20. The van der Waals surface area contributed by atoms with E-state index in [0.717, 1.165) is 11.1 Å². The van der Waals surface area contributed by atoms with Crippen LogP contribution in [-0.2, 0) is 6.54 Å². The molecule has 0 spiro atoms. The molecule has 0 unspecified atom stereocenters. The van der Waals surface area contributed by atoms with E-state index in [9.17, 15) is 14.7 Å². The van der Waals surface area contributed by atoms with Gasteiger partial charge in [0, 0.05) is 6.54 Å². The number of phenols is 1. The topological polar surface area (TPSA) is 80.0 Å². The zero-order valence-corrected chi connectivity index (χ0v) is 17.7. The minimum atomic E-state index is -0.673. The molecule has 1 N–H and O–H groups in total. The Balaban J connectivity index is 1.75. The van der Waals surface area contributed by atoms with Gasteiger partial charge in [0.1, 0.15) is 5.58 Å². The summed E-state index contributed by atoms with van der Waals surface area (Å²) in [4.78, 5) is 28.7. The Morgan fingerprint density at radius 2 is 1.81 bits per heavy atom. The van der Waals surface area contributed by atoms with Gasteiger partial charge in [-0.1, -0.05) is 48.0 Å². The molecule has 3 aromatic carbocycles. The Labute approximate surface area is 184 Å². The molecule has 32 heavy (non-hydrogen) atoms. The molecule has 1 aromatic heterocycles. The Hall–Kier alpha value is -4.06. The molecule has 0 fully saturated rings. The van der Waals surface area contributed by atoms with Crippen molar-refractivity contribution in [3.05, 3.63) is 105 Å². The van der Waals surface area contributed by atoms with Crippen LogP contribution in [0.25, 0.3) is 11.0 Å². The van der Waals surface area contributed by atoms with Gasteiger partial charge in [0.15, 0.2) is 16.9 Å². The molecule has 2 heterocycles. The van der Waals surface area contributed by atoms with Crippen LogP contribution in [0.15, 0.2) is 75.9 Å². The molecule has 0 aliphatic carbocycles. The first-order valence-corrected chi connectivity index (χ1v) is 10.3. The number of phenolic OH excluding ortho intramolecular Hbond substituents is 1. The van der Waals surface area contributed by atoms with Crippen LogP contribution >= 0.6 is 0 Å². The van der Waals surface area contributed by atoms with E-state index in [-0.39, 0.29) is 28.6 Å². The first-order valence-electron chi connectivity index (χ1n) is 10.3. The Bertz CT molecular complexity index is 1410. The number of ether oxygens (including phenoxy) is 1. The highest BCUT2D eigenvalue weighted by Crippen LogP contribution is 2.41. The van der Waals surface area contributed by atoms with Crippen LogP contribution in [-0.4, -0.2) is 23.0 Å². The predicted octanol–water partition coefficient (Wildman–Crippen LogP) is 4.56. The van der Waals surface area contributed by atoms with Gasteiger partial charge < -0.3 is 19.2 Å². The second-order valence-corrected chi connectivity index (χ2v) is 7.93. The number of methoxy groups -OCH3 is 1. The fourth-order valence-electron chi connectivity index (χ4n) is 4.29. The zero-order chi connectivity index (χ0) is 22.4. The van der Waals surface area contributed by atoms with Crippen LogP contribution in [0, 0.1) is 6.92 Å². The van der Waals surface area contributed by atoms with Gasteiger partial charge in [0.2, 0.25) is 5.76 Å². The number of amides is 1. The molecule has 0 saturated heterocycles. The summed E-state index contributed by atoms with van der Waals surface area (Å²) in [5.74, 6) is -0.0412. The zero-order valence-electron chi connectivity index (χ0n) is 17.7. The lowest BCUT2D eigenvalue weighted by molar-refractivity contribution is 0.0714.